The summed E-state index contributed by atoms with van der Waals surface area (Å²) in [5.41, 5.74) is 2.64. The fourth-order valence-corrected chi connectivity index (χ4v) is 2.13. The molecule has 1 heteroatoms. The van der Waals surface area contributed by atoms with Crippen LogP contribution < -0.4 is 0 Å². The van der Waals surface area contributed by atoms with Crippen LogP contribution in [-0.2, 0) is 6.42 Å². The standard InChI is InChI=1S/C14H17Br/c1-4-5-6-11(2)9-13-8-7-12(3)10-14(13)15/h7-8,10-11H,4,9H2,1-3H3. The Labute approximate surface area is 101 Å². The molecule has 0 heterocycles. The molecule has 1 rings (SSSR count). The van der Waals surface area contributed by atoms with Crippen molar-refractivity contribution in [1.82, 2.24) is 0 Å². The molecular formula is C14H17Br. The molecule has 0 nitrogen and oxygen atoms in total. The number of rotatable bonds is 2. The minimum absolute atomic E-state index is 0.434. The third-order valence-corrected chi connectivity index (χ3v) is 3.00. The van der Waals surface area contributed by atoms with E-state index in [-0.39, 0.29) is 0 Å². The van der Waals surface area contributed by atoms with Gasteiger partial charge < -0.3 is 0 Å². The molecule has 0 bridgehead atoms. The highest BCUT2D eigenvalue weighted by Crippen LogP contribution is 2.21. The van der Waals surface area contributed by atoms with Crippen molar-refractivity contribution in [3.63, 3.8) is 0 Å². The second-order valence-electron chi connectivity index (χ2n) is 3.87. The van der Waals surface area contributed by atoms with Crippen molar-refractivity contribution in [3.05, 3.63) is 33.8 Å². The van der Waals surface area contributed by atoms with Gasteiger partial charge >= 0.3 is 0 Å². The van der Waals surface area contributed by atoms with Crippen molar-refractivity contribution in [3.8, 4) is 11.8 Å². The third-order valence-electron chi connectivity index (χ3n) is 2.26. The lowest BCUT2D eigenvalue weighted by Gasteiger charge is -2.07. The van der Waals surface area contributed by atoms with Gasteiger partial charge in [-0.3, -0.25) is 0 Å². The number of benzene rings is 1. The first-order chi connectivity index (χ1) is 7.13. The van der Waals surface area contributed by atoms with E-state index in [1.807, 2.05) is 0 Å². The molecule has 0 aromatic heterocycles. The first-order valence-corrected chi connectivity index (χ1v) is 6.16. The quantitative estimate of drug-likeness (QED) is 0.697. The topological polar surface area (TPSA) is 0 Å². The minimum atomic E-state index is 0.434. The van der Waals surface area contributed by atoms with Crippen LogP contribution in [0.5, 0.6) is 0 Å². The smallest absolute Gasteiger partial charge is 0.0215 e. The monoisotopic (exact) mass is 264 g/mol. The van der Waals surface area contributed by atoms with Crippen LogP contribution in [0.1, 0.15) is 31.4 Å². The molecule has 15 heavy (non-hydrogen) atoms. The van der Waals surface area contributed by atoms with Crippen molar-refractivity contribution in [2.24, 2.45) is 5.92 Å². The van der Waals surface area contributed by atoms with Gasteiger partial charge in [-0.05, 0) is 30.5 Å². The summed E-state index contributed by atoms with van der Waals surface area (Å²) in [5, 5.41) is 0. The van der Waals surface area contributed by atoms with Gasteiger partial charge in [-0.1, -0.05) is 47.8 Å². The van der Waals surface area contributed by atoms with Crippen LogP contribution in [0.25, 0.3) is 0 Å². The van der Waals surface area contributed by atoms with E-state index >= 15 is 0 Å². The van der Waals surface area contributed by atoms with Gasteiger partial charge in [0.2, 0.25) is 0 Å². The van der Waals surface area contributed by atoms with Crippen LogP contribution in [0.15, 0.2) is 22.7 Å². The Hall–Kier alpha value is -0.740. The normalized spacial score (nSPS) is 11.7. The van der Waals surface area contributed by atoms with Gasteiger partial charge in [0.25, 0.3) is 0 Å². The molecule has 1 unspecified atom stereocenters. The van der Waals surface area contributed by atoms with Crippen molar-refractivity contribution < 1.29 is 0 Å². The van der Waals surface area contributed by atoms with Gasteiger partial charge in [-0.2, -0.15) is 0 Å². The summed E-state index contributed by atoms with van der Waals surface area (Å²) in [6, 6.07) is 6.50. The molecular weight excluding hydrogens is 248 g/mol. The van der Waals surface area contributed by atoms with E-state index in [2.05, 4.69) is 66.7 Å². The summed E-state index contributed by atoms with van der Waals surface area (Å²) < 4.78 is 1.20. The summed E-state index contributed by atoms with van der Waals surface area (Å²) in [5.74, 6) is 6.82. The molecule has 0 spiro atoms. The van der Waals surface area contributed by atoms with Gasteiger partial charge in [0.1, 0.15) is 0 Å². The van der Waals surface area contributed by atoms with E-state index in [9.17, 15) is 0 Å². The maximum absolute atomic E-state index is 3.60. The molecule has 0 saturated carbocycles. The Morgan fingerprint density at radius 3 is 2.73 bits per heavy atom. The zero-order chi connectivity index (χ0) is 11.3. The predicted molar refractivity (Wildman–Crippen MR) is 69.8 cm³/mol. The molecule has 0 aliphatic carbocycles. The average Bonchev–Trinajstić information content (AvgIpc) is 2.19. The van der Waals surface area contributed by atoms with Gasteiger partial charge in [-0.25, -0.2) is 0 Å². The van der Waals surface area contributed by atoms with E-state index in [1.54, 1.807) is 0 Å². The maximum atomic E-state index is 3.60. The van der Waals surface area contributed by atoms with Crippen molar-refractivity contribution in [2.75, 3.05) is 0 Å². The second-order valence-corrected chi connectivity index (χ2v) is 4.73. The molecule has 0 fully saturated rings. The molecule has 0 amide bonds. The number of hydrogen-bond donors (Lipinski definition) is 0. The highest BCUT2D eigenvalue weighted by Gasteiger charge is 2.04. The van der Waals surface area contributed by atoms with Gasteiger partial charge in [0, 0.05) is 16.8 Å². The predicted octanol–water partition coefficient (Wildman–Crippen LogP) is 4.35. The highest BCUT2D eigenvalue weighted by atomic mass is 79.9. The van der Waals surface area contributed by atoms with Crippen LogP contribution in [0.2, 0.25) is 0 Å². The lowest BCUT2D eigenvalue weighted by molar-refractivity contribution is 0.746. The Balaban J connectivity index is 2.72. The van der Waals surface area contributed by atoms with Gasteiger partial charge in [0.15, 0.2) is 0 Å². The summed E-state index contributed by atoms with van der Waals surface area (Å²) >= 11 is 3.60. The molecule has 1 atom stereocenters. The zero-order valence-electron chi connectivity index (χ0n) is 9.60. The van der Waals surface area contributed by atoms with Crippen LogP contribution in [0.4, 0.5) is 0 Å². The van der Waals surface area contributed by atoms with E-state index in [0.29, 0.717) is 5.92 Å². The molecule has 1 aromatic carbocycles. The Morgan fingerprint density at radius 1 is 1.40 bits per heavy atom. The summed E-state index contributed by atoms with van der Waals surface area (Å²) in [6.07, 6.45) is 1.97. The fraction of sp³-hybridized carbons (Fsp3) is 0.429. The third kappa shape index (κ3) is 4.10. The Bertz CT molecular complexity index is 382. The molecule has 0 aliphatic heterocycles. The van der Waals surface area contributed by atoms with Crippen LogP contribution in [0.3, 0.4) is 0 Å². The molecule has 0 saturated heterocycles. The first-order valence-electron chi connectivity index (χ1n) is 5.37. The molecule has 0 aliphatic rings. The number of halogens is 1. The highest BCUT2D eigenvalue weighted by molar-refractivity contribution is 9.10. The number of aryl methyl sites for hydroxylation is 1. The fourth-order valence-electron chi connectivity index (χ4n) is 1.48. The van der Waals surface area contributed by atoms with Crippen molar-refractivity contribution in [1.29, 1.82) is 0 Å². The van der Waals surface area contributed by atoms with E-state index in [1.165, 1.54) is 15.6 Å². The van der Waals surface area contributed by atoms with E-state index in [4.69, 9.17) is 0 Å². The van der Waals surface area contributed by atoms with E-state index < -0.39 is 0 Å². The number of hydrogen-bond acceptors (Lipinski definition) is 0. The maximum Gasteiger partial charge on any atom is 0.0215 e. The summed E-state index contributed by atoms with van der Waals surface area (Å²) in [7, 11) is 0. The van der Waals surface area contributed by atoms with Crippen molar-refractivity contribution >= 4 is 15.9 Å². The van der Waals surface area contributed by atoms with Gasteiger partial charge in [-0.15, -0.1) is 5.92 Å². The molecule has 80 valence electrons. The Morgan fingerprint density at radius 2 is 2.13 bits per heavy atom. The van der Waals surface area contributed by atoms with Crippen LogP contribution in [-0.4, -0.2) is 0 Å². The average molecular weight is 265 g/mol. The van der Waals surface area contributed by atoms with Crippen LogP contribution >= 0.6 is 15.9 Å². The molecule has 0 N–H and O–H groups in total. The second kappa shape index (κ2) is 5.98. The lowest BCUT2D eigenvalue weighted by atomic mass is 10.0. The lowest BCUT2D eigenvalue weighted by Crippen LogP contribution is -1.97. The summed E-state index contributed by atoms with van der Waals surface area (Å²) in [6.45, 7) is 6.37. The van der Waals surface area contributed by atoms with E-state index in [0.717, 1.165) is 12.8 Å². The van der Waals surface area contributed by atoms with Crippen LogP contribution in [0, 0.1) is 24.7 Å². The molecule has 0 radical (unpaired) electrons. The SMILES string of the molecule is CCC#CC(C)Cc1ccc(C)cc1Br. The van der Waals surface area contributed by atoms with Gasteiger partial charge in [0.05, 0.1) is 0 Å². The zero-order valence-corrected chi connectivity index (χ0v) is 11.2. The summed E-state index contributed by atoms with van der Waals surface area (Å²) in [4.78, 5) is 0. The minimum Gasteiger partial charge on any atom is -0.103 e. The molecule has 1 aromatic rings. The largest absolute Gasteiger partial charge is 0.103 e. The van der Waals surface area contributed by atoms with Crippen molar-refractivity contribution in [2.45, 2.75) is 33.6 Å². The Kier molecular flexibility index (Phi) is 4.91. The first kappa shape index (κ1) is 12.3.